The molecule has 0 bridgehead atoms. The van der Waals surface area contributed by atoms with Crippen LogP contribution in [-0.4, -0.2) is 159 Å². The molecule has 2 saturated heterocycles. The van der Waals surface area contributed by atoms with Crippen LogP contribution in [0, 0.1) is 0 Å². The number of nitrogens with zero attached hydrogens (tertiary/aromatic N) is 2. The van der Waals surface area contributed by atoms with E-state index in [9.17, 15) is 40.5 Å². The zero-order chi connectivity index (χ0) is 30.1. The van der Waals surface area contributed by atoms with Crippen LogP contribution in [0.4, 0.5) is 0 Å². The first-order valence-corrected chi connectivity index (χ1v) is 12.4. The first kappa shape index (κ1) is 32.2. The van der Waals surface area contributed by atoms with Crippen molar-refractivity contribution < 1.29 is 59.5 Å². The van der Waals surface area contributed by atoms with E-state index in [2.05, 4.69) is 15.3 Å². The fourth-order valence-corrected chi connectivity index (χ4v) is 5.08. The van der Waals surface area contributed by atoms with E-state index in [0.29, 0.717) is 0 Å². The summed E-state index contributed by atoms with van der Waals surface area (Å²) in [4.78, 5) is 19.7. The molecule has 0 aromatic carbocycles. The van der Waals surface area contributed by atoms with Gasteiger partial charge in [-0.25, -0.2) is 9.98 Å². The van der Waals surface area contributed by atoms with Gasteiger partial charge >= 0.3 is 0 Å². The van der Waals surface area contributed by atoms with Gasteiger partial charge in [0.2, 0.25) is 0 Å². The molecule has 3 aliphatic rings. The topological polar surface area (TPSA) is 336 Å². The number of guanidine groups is 2. The molecule has 1 aliphatic carbocycles. The Hall–Kier alpha value is -2.27. The van der Waals surface area contributed by atoms with Gasteiger partial charge in [0.25, 0.3) is 0 Å². The van der Waals surface area contributed by atoms with Gasteiger partial charge in [-0.1, -0.05) is 0 Å². The Kier molecular flexibility index (Phi) is 10.2. The molecule has 2 heterocycles. The lowest BCUT2D eigenvalue weighted by Crippen LogP contribution is -2.66. The lowest BCUT2D eigenvalue weighted by atomic mass is 9.81. The van der Waals surface area contributed by atoms with Crippen molar-refractivity contribution in [2.24, 2.45) is 32.9 Å². The molecule has 15 atom stereocenters. The highest BCUT2D eigenvalue weighted by molar-refractivity contribution is 5.76. The number of nitrogens with one attached hydrogen (secondary N) is 1. The monoisotopic (exact) mass is 581 g/mol. The number of carbonyl (C=O) groups excluding carboxylic acids is 1. The number of aliphatic imine (C=N–C) groups is 2. The zero-order valence-corrected chi connectivity index (χ0v) is 21.7. The molecule has 3 rings (SSSR count). The van der Waals surface area contributed by atoms with Crippen LogP contribution >= 0.6 is 0 Å². The Morgan fingerprint density at radius 1 is 0.900 bits per heavy atom. The lowest BCUT2D eigenvalue weighted by Gasteiger charge is -2.45. The molecule has 0 unspecified atom stereocenters. The average Bonchev–Trinajstić information content (AvgIpc) is 3.13. The minimum atomic E-state index is -2.38. The Morgan fingerprint density at radius 2 is 1.50 bits per heavy atom. The molecule has 0 aromatic rings. The minimum absolute atomic E-state index is 0.140. The van der Waals surface area contributed by atoms with Crippen molar-refractivity contribution in [3.8, 4) is 0 Å². The molecule has 1 saturated carbocycles. The molecule has 16 N–H and O–H groups in total. The summed E-state index contributed by atoms with van der Waals surface area (Å²) in [6.07, 6.45) is -17.3. The van der Waals surface area contributed by atoms with E-state index in [1.165, 1.54) is 14.0 Å². The molecular formula is C21H39N7O12. The fourth-order valence-electron chi connectivity index (χ4n) is 5.08. The van der Waals surface area contributed by atoms with E-state index in [1.807, 2.05) is 0 Å². The fraction of sp³-hybridized carbons (Fsp3) is 0.857. The highest BCUT2D eigenvalue weighted by Crippen LogP contribution is 2.38. The second-order valence-electron chi connectivity index (χ2n) is 9.89. The van der Waals surface area contributed by atoms with Crippen LogP contribution in [0.1, 0.15) is 6.92 Å². The molecule has 0 aromatic heterocycles. The number of aliphatic hydroxyl groups excluding tert-OH is 6. The molecular weight excluding hydrogens is 542 g/mol. The Bertz CT molecular complexity index is 940. The summed E-state index contributed by atoms with van der Waals surface area (Å²) in [6.45, 7) is 0.620. The first-order valence-electron chi connectivity index (χ1n) is 12.4. The van der Waals surface area contributed by atoms with Crippen molar-refractivity contribution in [1.82, 2.24) is 5.32 Å². The second kappa shape index (κ2) is 12.7. The highest BCUT2D eigenvalue weighted by Gasteiger charge is 2.60. The summed E-state index contributed by atoms with van der Waals surface area (Å²) in [6, 6.07) is -4.08. The van der Waals surface area contributed by atoms with Gasteiger partial charge in [0.05, 0.1) is 18.8 Å². The van der Waals surface area contributed by atoms with Gasteiger partial charge in [-0.15, -0.1) is 0 Å². The number of nitrogens with two attached hydrogens (primary N) is 4. The third-order valence-electron chi connectivity index (χ3n) is 7.34. The normalized spacial score (nSPS) is 47.4. The predicted octanol–water partition coefficient (Wildman–Crippen LogP) is -8.16. The van der Waals surface area contributed by atoms with Crippen molar-refractivity contribution in [3.05, 3.63) is 0 Å². The number of rotatable bonds is 9. The summed E-state index contributed by atoms with van der Waals surface area (Å²) in [5, 5.41) is 76.6. The molecule has 230 valence electrons. The van der Waals surface area contributed by atoms with Crippen LogP contribution < -0.4 is 28.3 Å². The van der Waals surface area contributed by atoms with Gasteiger partial charge in [-0.3, -0.25) is 4.79 Å². The van der Waals surface area contributed by atoms with Crippen molar-refractivity contribution >= 4 is 18.2 Å². The summed E-state index contributed by atoms with van der Waals surface area (Å²) < 4.78 is 22.9. The summed E-state index contributed by atoms with van der Waals surface area (Å²) in [5.41, 5.74) is 19.4. The molecule has 19 nitrogen and oxygen atoms in total. The lowest BCUT2D eigenvalue weighted by molar-refractivity contribution is -0.314. The standard InChI is InChI=1S/C21H39N7O12/c1-5-21(36,4-30)16(40-17-9(26-2)13(34)10(31)6(3-29)38-17)18(37-5)39-15-8(28-20(24)25)11(32)7(27-19(22)23)12(33)14(15)35/h4-18,26,29,31-36H,3H2,1-2H3,(H4,22,23,27)(H4,24,25,28)/t5-,6-,7+,8-,9-,10-,11-,12-,13-,14+,15+,16-,17-,18+,21+/m0/s1. The van der Waals surface area contributed by atoms with E-state index in [4.69, 9.17) is 41.9 Å². The van der Waals surface area contributed by atoms with E-state index in [1.54, 1.807) is 0 Å². The number of aliphatic hydroxyl groups is 7. The molecule has 0 radical (unpaired) electrons. The number of carbonyl (C=O) groups is 1. The van der Waals surface area contributed by atoms with Crippen molar-refractivity contribution in [1.29, 1.82) is 0 Å². The highest BCUT2D eigenvalue weighted by atomic mass is 16.8. The van der Waals surface area contributed by atoms with Gasteiger partial charge in [-0.2, -0.15) is 0 Å². The number of hydrogen-bond acceptors (Lipinski definition) is 15. The van der Waals surface area contributed by atoms with E-state index >= 15 is 0 Å². The molecule has 19 heteroatoms. The zero-order valence-electron chi connectivity index (χ0n) is 21.7. The third-order valence-corrected chi connectivity index (χ3v) is 7.34. The van der Waals surface area contributed by atoms with Gasteiger partial charge < -0.3 is 82.9 Å². The third kappa shape index (κ3) is 6.00. The quantitative estimate of drug-likeness (QED) is 0.0682. The van der Waals surface area contributed by atoms with Gasteiger partial charge in [0.15, 0.2) is 36.4 Å². The van der Waals surface area contributed by atoms with Gasteiger partial charge in [0.1, 0.15) is 60.9 Å². The minimum Gasteiger partial charge on any atom is -0.394 e. The summed E-state index contributed by atoms with van der Waals surface area (Å²) in [5.74, 6) is -1.03. The van der Waals surface area contributed by atoms with Crippen LogP contribution in [0.3, 0.4) is 0 Å². The smallest absolute Gasteiger partial charge is 0.188 e. The molecule has 0 spiro atoms. The molecule has 40 heavy (non-hydrogen) atoms. The van der Waals surface area contributed by atoms with Gasteiger partial charge in [0, 0.05) is 0 Å². The summed E-state index contributed by atoms with van der Waals surface area (Å²) >= 11 is 0. The Balaban J connectivity index is 1.96. The van der Waals surface area contributed by atoms with E-state index < -0.39 is 110 Å². The van der Waals surface area contributed by atoms with Crippen molar-refractivity contribution in [3.63, 3.8) is 0 Å². The number of hydrogen-bond donors (Lipinski definition) is 12. The second-order valence-corrected chi connectivity index (χ2v) is 9.89. The maximum Gasteiger partial charge on any atom is 0.188 e. The summed E-state index contributed by atoms with van der Waals surface area (Å²) in [7, 11) is 1.42. The Labute approximate surface area is 228 Å². The maximum atomic E-state index is 12.1. The van der Waals surface area contributed by atoms with Crippen LogP contribution in [0.5, 0.6) is 0 Å². The maximum absolute atomic E-state index is 12.1. The molecule has 2 aliphatic heterocycles. The Morgan fingerprint density at radius 3 is 2.02 bits per heavy atom. The molecule has 3 fully saturated rings. The number of aldehydes is 1. The predicted molar refractivity (Wildman–Crippen MR) is 133 cm³/mol. The van der Waals surface area contributed by atoms with Crippen molar-refractivity contribution in [2.45, 2.75) is 98.2 Å². The largest absolute Gasteiger partial charge is 0.394 e. The SMILES string of the molecule is CN[C@@H]1[C@H](O[C@H]2[C@@H](O[C@H]3[C@H](O)[C@@H](O)[C@H](N=C(N)N)[C@H](O)[C@@H]3N=C(N)N)O[C@@H](C)[C@]2(O)C=O)O[C@@H](CO)[C@H](O)[C@H]1O. The number of ether oxygens (including phenoxy) is 4. The van der Waals surface area contributed by atoms with Crippen LogP contribution in [0.2, 0.25) is 0 Å². The molecule has 0 amide bonds. The van der Waals surface area contributed by atoms with E-state index in [-0.39, 0.29) is 6.29 Å². The van der Waals surface area contributed by atoms with E-state index in [0.717, 1.165) is 0 Å². The van der Waals surface area contributed by atoms with Crippen molar-refractivity contribution in [2.75, 3.05) is 13.7 Å². The van der Waals surface area contributed by atoms with Gasteiger partial charge in [-0.05, 0) is 14.0 Å². The average molecular weight is 582 g/mol. The van der Waals surface area contributed by atoms with Crippen LogP contribution in [-0.2, 0) is 23.7 Å². The number of likely N-dealkylation sites (N-methyl/N-ethyl adjacent to an activating group) is 1. The first-order chi connectivity index (χ1) is 18.7. The van der Waals surface area contributed by atoms with Crippen LogP contribution in [0.25, 0.3) is 0 Å². The van der Waals surface area contributed by atoms with Crippen LogP contribution in [0.15, 0.2) is 9.98 Å².